The molecule has 3 aromatic rings. The van der Waals surface area contributed by atoms with Crippen molar-refractivity contribution in [1.82, 2.24) is 0 Å². The van der Waals surface area contributed by atoms with Crippen molar-refractivity contribution in [2.75, 3.05) is 0 Å². The van der Waals surface area contributed by atoms with E-state index in [1.165, 1.54) is 12.1 Å². The lowest BCUT2D eigenvalue weighted by Gasteiger charge is -2.27. The monoisotopic (exact) mass is 482 g/mol. The average Bonchev–Trinajstić information content (AvgIpc) is 2.78. The molecule has 0 amide bonds. The maximum atomic E-state index is 14.9. The van der Waals surface area contributed by atoms with Gasteiger partial charge in [0.2, 0.25) is 0 Å². The molecule has 1 saturated carbocycles. The van der Waals surface area contributed by atoms with Gasteiger partial charge in [-0.05, 0) is 60.1 Å². The Bertz CT molecular complexity index is 1200. The first kappa shape index (κ1) is 24.1. The number of hydrogen-bond donors (Lipinski definition) is 0. The van der Waals surface area contributed by atoms with Crippen LogP contribution in [0.4, 0.5) is 30.7 Å². The van der Waals surface area contributed by atoms with Crippen molar-refractivity contribution in [3.63, 3.8) is 0 Å². The largest absolute Gasteiger partial charge is 0.429 e. The summed E-state index contributed by atoms with van der Waals surface area (Å²) < 4.78 is 104. The molecule has 1 nitrogen and oxygen atoms in total. The number of ether oxygens (including phenoxy) is 1. The van der Waals surface area contributed by atoms with E-state index in [0.717, 1.165) is 37.8 Å². The van der Waals surface area contributed by atoms with E-state index >= 15 is 0 Å². The average molecular weight is 482 g/mol. The van der Waals surface area contributed by atoms with Gasteiger partial charge in [-0.25, -0.2) is 22.0 Å². The fourth-order valence-electron chi connectivity index (χ4n) is 4.34. The van der Waals surface area contributed by atoms with E-state index in [9.17, 15) is 30.7 Å². The van der Waals surface area contributed by atoms with E-state index in [4.69, 9.17) is 0 Å². The molecule has 0 aromatic heterocycles. The molecule has 0 N–H and O–H groups in total. The third kappa shape index (κ3) is 4.76. The van der Waals surface area contributed by atoms with Crippen molar-refractivity contribution < 1.29 is 35.5 Å². The van der Waals surface area contributed by atoms with Crippen LogP contribution < -0.4 is 4.74 Å². The summed E-state index contributed by atoms with van der Waals surface area (Å²) in [7, 11) is 0. The molecule has 0 aliphatic heterocycles. The summed E-state index contributed by atoms with van der Waals surface area (Å²) in [6, 6.07) is 6.89. The lowest BCUT2D eigenvalue weighted by Crippen LogP contribution is -2.23. The second kappa shape index (κ2) is 9.31. The van der Waals surface area contributed by atoms with Gasteiger partial charge in [0, 0.05) is 11.6 Å². The number of rotatable bonds is 5. The SMILES string of the molecule is CC1CCC(c2ccc(-c3ccc(C(F)(F)Oc4ccc(F)c(F)c4)c(F)c3)c(F)c2F)CC1. The molecule has 0 spiro atoms. The molecule has 0 atom stereocenters. The van der Waals surface area contributed by atoms with Gasteiger partial charge in [0.1, 0.15) is 11.6 Å². The van der Waals surface area contributed by atoms with Gasteiger partial charge in [0.25, 0.3) is 0 Å². The van der Waals surface area contributed by atoms with Crippen molar-refractivity contribution in [3.8, 4) is 16.9 Å². The van der Waals surface area contributed by atoms with Gasteiger partial charge in [-0.1, -0.05) is 38.0 Å². The molecule has 4 rings (SSSR count). The number of benzene rings is 3. The molecule has 0 unspecified atom stereocenters. The van der Waals surface area contributed by atoms with Crippen LogP contribution in [0.2, 0.25) is 0 Å². The summed E-state index contributed by atoms with van der Waals surface area (Å²) in [6.07, 6.45) is -0.916. The highest BCUT2D eigenvalue weighted by molar-refractivity contribution is 5.65. The van der Waals surface area contributed by atoms with Crippen LogP contribution in [0.1, 0.15) is 49.7 Å². The Balaban J connectivity index is 1.60. The van der Waals surface area contributed by atoms with Crippen molar-refractivity contribution in [1.29, 1.82) is 0 Å². The standard InChI is InChI=1S/C26H21F7O/c1-14-2-4-15(5-3-14)18-8-9-19(25(31)24(18)30)16-6-10-20(22(28)12-16)26(32,33)34-17-7-11-21(27)23(29)13-17/h6-15H,2-5H2,1H3. The minimum absolute atomic E-state index is 0.106. The van der Waals surface area contributed by atoms with Crippen molar-refractivity contribution in [3.05, 3.63) is 88.7 Å². The second-order valence-electron chi connectivity index (χ2n) is 8.68. The van der Waals surface area contributed by atoms with Crippen LogP contribution in [0, 0.1) is 35.0 Å². The molecule has 8 heteroatoms. The molecule has 0 saturated heterocycles. The number of hydrogen-bond acceptors (Lipinski definition) is 1. The van der Waals surface area contributed by atoms with Crippen LogP contribution in [0.15, 0.2) is 48.5 Å². The predicted octanol–water partition coefficient (Wildman–Crippen LogP) is 8.47. The van der Waals surface area contributed by atoms with Crippen LogP contribution in [0.25, 0.3) is 11.1 Å². The van der Waals surface area contributed by atoms with Gasteiger partial charge >= 0.3 is 6.11 Å². The summed E-state index contributed by atoms with van der Waals surface area (Å²) in [4.78, 5) is 0. The van der Waals surface area contributed by atoms with Crippen LogP contribution in [-0.4, -0.2) is 0 Å². The number of alkyl halides is 2. The highest BCUT2D eigenvalue weighted by Crippen LogP contribution is 2.40. The van der Waals surface area contributed by atoms with Crippen molar-refractivity contribution in [2.45, 2.75) is 44.6 Å². The van der Waals surface area contributed by atoms with Gasteiger partial charge in [-0.3, -0.25) is 0 Å². The van der Waals surface area contributed by atoms with Gasteiger partial charge in [-0.2, -0.15) is 8.78 Å². The Morgan fingerprint density at radius 3 is 2.09 bits per heavy atom. The second-order valence-corrected chi connectivity index (χ2v) is 8.68. The topological polar surface area (TPSA) is 9.23 Å². The molecule has 1 aliphatic carbocycles. The summed E-state index contributed by atoms with van der Waals surface area (Å²) in [6.45, 7) is 2.11. The molecule has 0 bridgehead atoms. The lowest BCUT2D eigenvalue weighted by molar-refractivity contribution is -0.187. The van der Waals surface area contributed by atoms with E-state index in [1.54, 1.807) is 0 Å². The third-order valence-corrected chi connectivity index (χ3v) is 6.30. The van der Waals surface area contributed by atoms with Gasteiger partial charge in [0.05, 0.1) is 5.56 Å². The van der Waals surface area contributed by atoms with Gasteiger partial charge in [-0.15, -0.1) is 0 Å². The molecule has 0 heterocycles. The van der Waals surface area contributed by atoms with Crippen LogP contribution in [0.3, 0.4) is 0 Å². The van der Waals surface area contributed by atoms with Crippen LogP contribution in [-0.2, 0) is 6.11 Å². The van der Waals surface area contributed by atoms with E-state index in [0.29, 0.717) is 30.2 Å². The fourth-order valence-corrected chi connectivity index (χ4v) is 4.34. The zero-order valence-corrected chi connectivity index (χ0v) is 18.2. The molecule has 180 valence electrons. The first-order valence-electron chi connectivity index (χ1n) is 10.9. The smallest absolute Gasteiger partial charge is 0.429 e. The summed E-state index contributed by atoms with van der Waals surface area (Å²) in [5, 5.41) is 0. The maximum absolute atomic E-state index is 14.9. The van der Waals surface area contributed by atoms with Gasteiger partial charge < -0.3 is 4.74 Å². The van der Waals surface area contributed by atoms with E-state index in [2.05, 4.69) is 11.7 Å². The Kier molecular flexibility index (Phi) is 6.60. The maximum Gasteiger partial charge on any atom is 0.429 e. The first-order chi connectivity index (χ1) is 16.1. The summed E-state index contributed by atoms with van der Waals surface area (Å²) in [5.41, 5.74) is -1.34. The van der Waals surface area contributed by atoms with E-state index in [1.807, 2.05) is 0 Å². The fraction of sp³-hybridized carbons (Fsp3) is 0.308. The van der Waals surface area contributed by atoms with Crippen LogP contribution in [0.5, 0.6) is 5.75 Å². The quantitative estimate of drug-likeness (QED) is 0.332. The minimum Gasteiger partial charge on any atom is -0.429 e. The zero-order chi connectivity index (χ0) is 24.6. The van der Waals surface area contributed by atoms with E-state index < -0.39 is 46.5 Å². The first-order valence-corrected chi connectivity index (χ1v) is 10.9. The Labute approximate surface area is 192 Å². The van der Waals surface area contributed by atoms with Crippen molar-refractivity contribution in [2.24, 2.45) is 5.92 Å². The van der Waals surface area contributed by atoms with E-state index in [-0.39, 0.29) is 22.6 Å². The summed E-state index contributed by atoms with van der Waals surface area (Å²) >= 11 is 0. The Morgan fingerprint density at radius 2 is 1.44 bits per heavy atom. The molecule has 0 radical (unpaired) electrons. The van der Waals surface area contributed by atoms with Crippen molar-refractivity contribution >= 4 is 0 Å². The highest BCUT2D eigenvalue weighted by Gasteiger charge is 2.38. The zero-order valence-electron chi connectivity index (χ0n) is 18.2. The molecule has 1 fully saturated rings. The minimum atomic E-state index is -4.24. The Hall–Kier alpha value is -3.03. The molecular formula is C26H21F7O. The third-order valence-electron chi connectivity index (χ3n) is 6.30. The normalized spacial score (nSPS) is 18.7. The molecule has 3 aromatic carbocycles. The molecular weight excluding hydrogens is 461 g/mol. The van der Waals surface area contributed by atoms with Crippen LogP contribution >= 0.6 is 0 Å². The lowest BCUT2D eigenvalue weighted by atomic mass is 9.79. The highest BCUT2D eigenvalue weighted by atomic mass is 19.3. The number of halogens is 7. The Morgan fingerprint density at radius 1 is 0.735 bits per heavy atom. The predicted molar refractivity (Wildman–Crippen MR) is 113 cm³/mol. The molecule has 34 heavy (non-hydrogen) atoms. The summed E-state index contributed by atoms with van der Waals surface area (Å²) in [5.74, 6) is -6.58. The molecule has 1 aliphatic rings. The van der Waals surface area contributed by atoms with Gasteiger partial charge in [0.15, 0.2) is 23.3 Å².